The van der Waals surface area contributed by atoms with E-state index in [-0.39, 0.29) is 5.91 Å². The summed E-state index contributed by atoms with van der Waals surface area (Å²) in [5.41, 5.74) is 0.560. The van der Waals surface area contributed by atoms with Crippen molar-refractivity contribution in [2.24, 2.45) is 5.92 Å². The normalized spacial score (nSPS) is 10.5. The molecule has 0 aliphatic rings. The van der Waals surface area contributed by atoms with Gasteiger partial charge in [-0.3, -0.25) is 4.79 Å². The summed E-state index contributed by atoms with van der Waals surface area (Å²) >= 11 is 5.70. The van der Waals surface area contributed by atoms with E-state index in [0.29, 0.717) is 23.2 Å². The lowest BCUT2D eigenvalue weighted by Crippen LogP contribution is -2.24. The molecule has 0 saturated carbocycles. The molecule has 1 aromatic heterocycles. The summed E-state index contributed by atoms with van der Waals surface area (Å²) < 4.78 is 0. The Hall–Kier alpha value is -1.09. The number of hydrogen-bond donors (Lipinski definition) is 1. The molecule has 4 heteroatoms. The van der Waals surface area contributed by atoms with E-state index in [0.717, 1.165) is 12.8 Å². The minimum atomic E-state index is -0.0898. The third kappa shape index (κ3) is 4.62. The molecule has 0 aliphatic carbocycles. The van der Waals surface area contributed by atoms with E-state index in [1.807, 2.05) is 0 Å². The number of nitrogens with one attached hydrogen (secondary N) is 1. The molecule has 0 fully saturated rings. The molecule has 0 atom stereocenters. The molecule has 0 unspecified atom stereocenters. The number of nitrogens with zero attached hydrogens (tertiary/aromatic N) is 1. The molecule has 0 saturated heterocycles. The van der Waals surface area contributed by atoms with Gasteiger partial charge in [0.05, 0.1) is 0 Å². The molecule has 0 aliphatic heterocycles. The van der Waals surface area contributed by atoms with Crippen LogP contribution in [0.5, 0.6) is 0 Å². The van der Waals surface area contributed by atoms with Gasteiger partial charge in [0.15, 0.2) is 0 Å². The largest absolute Gasteiger partial charge is 0.352 e. The Labute approximate surface area is 101 Å². The van der Waals surface area contributed by atoms with E-state index < -0.39 is 0 Å². The maximum absolute atomic E-state index is 11.6. The summed E-state index contributed by atoms with van der Waals surface area (Å²) in [5, 5.41) is 3.20. The van der Waals surface area contributed by atoms with Crippen molar-refractivity contribution in [1.29, 1.82) is 0 Å². The first kappa shape index (κ1) is 13.0. The van der Waals surface area contributed by atoms with E-state index in [9.17, 15) is 4.79 Å². The number of carbonyl (C=O) groups excluding carboxylic acids is 1. The highest BCUT2D eigenvalue weighted by atomic mass is 35.5. The van der Waals surface area contributed by atoms with Crippen molar-refractivity contribution in [2.75, 3.05) is 6.54 Å². The van der Waals surface area contributed by atoms with Gasteiger partial charge in [0.1, 0.15) is 5.15 Å². The van der Waals surface area contributed by atoms with Crippen molar-refractivity contribution >= 4 is 17.5 Å². The van der Waals surface area contributed by atoms with Crippen molar-refractivity contribution in [3.8, 4) is 0 Å². The zero-order chi connectivity index (χ0) is 12.0. The molecule has 3 nitrogen and oxygen atoms in total. The number of rotatable bonds is 5. The van der Waals surface area contributed by atoms with Crippen molar-refractivity contribution in [1.82, 2.24) is 10.3 Å². The number of aromatic nitrogens is 1. The topological polar surface area (TPSA) is 42.0 Å². The number of carbonyl (C=O) groups is 1. The standard InChI is InChI=1S/C12H17ClN2O/c1-9(2)4-3-6-15-12(16)10-5-7-14-11(13)8-10/h5,7-9H,3-4,6H2,1-2H3,(H,15,16). The quantitative estimate of drug-likeness (QED) is 0.635. The monoisotopic (exact) mass is 240 g/mol. The lowest BCUT2D eigenvalue weighted by Gasteiger charge is -2.06. The van der Waals surface area contributed by atoms with Crippen molar-refractivity contribution in [3.63, 3.8) is 0 Å². The molecule has 0 aromatic carbocycles. The Morgan fingerprint density at radius 1 is 1.56 bits per heavy atom. The van der Waals surface area contributed by atoms with Gasteiger partial charge in [-0.25, -0.2) is 4.98 Å². The van der Waals surface area contributed by atoms with Crippen LogP contribution >= 0.6 is 11.6 Å². The predicted octanol–water partition coefficient (Wildman–Crippen LogP) is 2.90. The van der Waals surface area contributed by atoms with Gasteiger partial charge in [-0.1, -0.05) is 25.4 Å². The summed E-state index contributed by atoms with van der Waals surface area (Å²) in [7, 11) is 0. The van der Waals surface area contributed by atoms with Crippen molar-refractivity contribution in [3.05, 3.63) is 29.0 Å². The van der Waals surface area contributed by atoms with Crippen LogP contribution in [-0.2, 0) is 0 Å². The maximum atomic E-state index is 11.6. The molecule has 1 aromatic rings. The molecule has 88 valence electrons. The van der Waals surface area contributed by atoms with E-state index >= 15 is 0 Å². The molecule has 0 radical (unpaired) electrons. The fourth-order valence-electron chi connectivity index (χ4n) is 1.36. The Kier molecular flexibility index (Phi) is 5.26. The van der Waals surface area contributed by atoms with Gasteiger partial charge in [-0.2, -0.15) is 0 Å². The van der Waals surface area contributed by atoms with Crippen molar-refractivity contribution in [2.45, 2.75) is 26.7 Å². The van der Waals surface area contributed by atoms with Crippen LogP contribution < -0.4 is 5.32 Å². The molecule has 1 heterocycles. The van der Waals surface area contributed by atoms with Crippen LogP contribution in [0, 0.1) is 5.92 Å². The van der Waals surface area contributed by atoms with Gasteiger partial charge in [0.2, 0.25) is 0 Å². The highest BCUT2D eigenvalue weighted by Crippen LogP contribution is 2.07. The third-order valence-corrected chi connectivity index (χ3v) is 2.44. The van der Waals surface area contributed by atoms with E-state index in [1.165, 1.54) is 6.20 Å². The SMILES string of the molecule is CC(C)CCCNC(=O)c1ccnc(Cl)c1. The van der Waals surface area contributed by atoms with Gasteiger partial charge >= 0.3 is 0 Å². The minimum absolute atomic E-state index is 0.0898. The first-order chi connectivity index (χ1) is 7.59. The number of pyridine rings is 1. The summed E-state index contributed by atoms with van der Waals surface area (Å²) in [6.07, 6.45) is 3.66. The number of amides is 1. The molecule has 1 amide bonds. The molecular formula is C12H17ClN2O. The Bertz CT molecular complexity index is 353. The maximum Gasteiger partial charge on any atom is 0.251 e. The van der Waals surface area contributed by atoms with Crippen LogP contribution in [0.2, 0.25) is 5.15 Å². The highest BCUT2D eigenvalue weighted by molar-refractivity contribution is 6.29. The number of hydrogen-bond acceptors (Lipinski definition) is 2. The number of halogens is 1. The Balaban J connectivity index is 2.35. The fraction of sp³-hybridized carbons (Fsp3) is 0.500. The average Bonchev–Trinajstić information content (AvgIpc) is 2.24. The second-order valence-electron chi connectivity index (χ2n) is 4.16. The average molecular weight is 241 g/mol. The van der Waals surface area contributed by atoms with Gasteiger partial charge in [-0.05, 0) is 30.9 Å². The summed E-state index contributed by atoms with van der Waals surface area (Å²) in [5.74, 6) is 0.584. The van der Waals surface area contributed by atoms with E-state index in [2.05, 4.69) is 24.1 Å². The molecule has 1 N–H and O–H groups in total. The third-order valence-electron chi connectivity index (χ3n) is 2.23. The summed E-state index contributed by atoms with van der Waals surface area (Å²) in [4.78, 5) is 15.5. The molecule has 0 spiro atoms. The first-order valence-corrected chi connectivity index (χ1v) is 5.87. The van der Waals surface area contributed by atoms with Gasteiger partial charge < -0.3 is 5.32 Å². The fourth-order valence-corrected chi connectivity index (χ4v) is 1.53. The minimum Gasteiger partial charge on any atom is -0.352 e. The molecule has 0 bridgehead atoms. The molecule has 1 rings (SSSR count). The zero-order valence-corrected chi connectivity index (χ0v) is 10.4. The van der Waals surface area contributed by atoms with Crippen LogP contribution in [0.25, 0.3) is 0 Å². The van der Waals surface area contributed by atoms with Crippen LogP contribution in [-0.4, -0.2) is 17.4 Å². The second kappa shape index (κ2) is 6.48. The summed E-state index contributed by atoms with van der Waals surface area (Å²) in [6.45, 7) is 5.05. The second-order valence-corrected chi connectivity index (χ2v) is 4.55. The van der Waals surface area contributed by atoms with Gasteiger partial charge in [-0.15, -0.1) is 0 Å². The molecule has 16 heavy (non-hydrogen) atoms. The first-order valence-electron chi connectivity index (χ1n) is 5.49. The van der Waals surface area contributed by atoms with Crippen LogP contribution in [0.15, 0.2) is 18.3 Å². The Morgan fingerprint density at radius 2 is 2.31 bits per heavy atom. The summed E-state index contributed by atoms with van der Waals surface area (Å²) in [6, 6.07) is 3.23. The van der Waals surface area contributed by atoms with Gasteiger partial charge in [0, 0.05) is 18.3 Å². The van der Waals surface area contributed by atoms with Crippen LogP contribution in [0.3, 0.4) is 0 Å². The van der Waals surface area contributed by atoms with Crippen molar-refractivity contribution < 1.29 is 4.79 Å². The molecular weight excluding hydrogens is 224 g/mol. The van der Waals surface area contributed by atoms with Crippen LogP contribution in [0.1, 0.15) is 37.0 Å². The van der Waals surface area contributed by atoms with E-state index in [1.54, 1.807) is 12.1 Å². The predicted molar refractivity (Wildman–Crippen MR) is 65.7 cm³/mol. The Morgan fingerprint density at radius 3 is 2.94 bits per heavy atom. The van der Waals surface area contributed by atoms with E-state index in [4.69, 9.17) is 11.6 Å². The lowest BCUT2D eigenvalue weighted by atomic mass is 10.1. The van der Waals surface area contributed by atoms with Gasteiger partial charge in [0.25, 0.3) is 5.91 Å². The highest BCUT2D eigenvalue weighted by Gasteiger charge is 2.05. The van der Waals surface area contributed by atoms with Crippen LogP contribution in [0.4, 0.5) is 0 Å². The lowest BCUT2D eigenvalue weighted by molar-refractivity contribution is 0.0952. The smallest absolute Gasteiger partial charge is 0.251 e. The zero-order valence-electron chi connectivity index (χ0n) is 9.66.